The van der Waals surface area contributed by atoms with E-state index in [0.717, 1.165) is 33.3 Å². The Morgan fingerprint density at radius 2 is 1.67 bits per heavy atom. The zero-order valence-corrected chi connectivity index (χ0v) is 23.4. The van der Waals surface area contributed by atoms with E-state index in [2.05, 4.69) is 33.2 Å². The van der Waals surface area contributed by atoms with Crippen LogP contribution in [0.15, 0.2) is 109 Å². The molecule has 0 aliphatic carbocycles. The molecule has 0 saturated carbocycles. The minimum absolute atomic E-state index is 0.0118. The van der Waals surface area contributed by atoms with Crippen LogP contribution in [0, 0.1) is 5.92 Å². The molecule has 1 saturated heterocycles. The zero-order valence-electron chi connectivity index (χ0n) is 23.4. The van der Waals surface area contributed by atoms with E-state index in [1.165, 1.54) is 0 Å². The minimum atomic E-state index is -0.655. The molecule has 4 aromatic carbocycles. The molecule has 214 valence electrons. The van der Waals surface area contributed by atoms with Crippen LogP contribution in [0.4, 0.5) is 10.5 Å². The Kier molecular flexibility index (Phi) is 8.28. The number of hydrogen-bond acceptors (Lipinski definition) is 5. The highest BCUT2D eigenvalue weighted by Crippen LogP contribution is 2.42. The average molecular weight is 563 g/mol. The van der Waals surface area contributed by atoms with E-state index in [1.807, 2.05) is 103 Å². The molecule has 0 bridgehead atoms. The molecule has 2 heterocycles. The Balaban J connectivity index is 1.23. The number of urea groups is 1. The summed E-state index contributed by atoms with van der Waals surface area (Å²) in [7, 11) is 0. The van der Waals surface area contributed by atoms with Crippen LogP contribution in [0.3, 0.4) is 0 Å². The maximum absolute atomic E-state index is 12.6. The van der Waals surface area contributed by atoms with Crippen LogP contribution in [0.5, 0.6) is 0 Å². The molecule has 42 heavy (non-hydrogen) atoms. The van der Waals surface area contributed by atoms with Gasteiger partial charge in [0, 0.05) is 23.7 Å². The summed E-state index contributed by atoms with van der Waals surface area (Å²) < 4.78 is 15.4. The molecule has 5 aromatic rings. The Bertz CT molecular complexity index is 1640. The number of fused-ring (bicyclic) bond motifs is 1. The first kappa shape index (κ1) is 27.7. The van der Waals surface area contributed by atoms with Gasteiger partial charge < -0.3 is 29.8 Å². The van der Waals surface area contributed by atoms with Gasteiger partial charge in [-0.3, -0.25) is 0 Å². The fourth-order valence-corrected chi connectivity index (χ4v) is 5.39. The van der Waals surface area contributed by atoms with Gasteiger partial charge in [-0.15, -0.1) is 0 Å². The number of anilines is 1. The van der Waals surface area contributed by atoms with E-state index in [9.17, 15) is 9.90 Å². The van der Waals surface area contributed by atoms with E-state index in [1.54, 1.807) is 0 Å². The van der Waals surface area contributed by atoms with Crippen LogP contribution in [-0.4, -0.2) is 26.8 Å². The van der Waals surface area contributed by atoms with Crippen molar-refractivity contribution in [2.24, 2.45) is 5.92 Å². The van der Waals surface area contributed by atoms with Gasteiger partial charge in [-0.25, -0.2) is 9.78 Å². The number of rotatable bonds is 8. The van der Waals surface area contributed by atoms with E-state index in [4.69, 9.17) is 9.47 Å². The highest BCUT2D eigenvalue weighted by atomic mass is 16.7. The molecule has 1 fully saturated rings. The highest BCUT2D eigenvalue weighted by Gasteiger charge is 2.38. The number of carbonyl (C=O) groups excluding carboxylic acids is 1. The van der Waals surface area contributed by atoms with Crippen molar-refractivity contribution in [2.75, 3.05) is 5.32 Å². The van der Waals surface area contributed by atoms with E-state index >= 15 is 0 Å². The number of nitrogens with one attached hydrogen (secondary N) is 2. The van der Waals surface area contributed by atoms with Crippen LogP contribution in [0.25, 0.3) is 11.0 Å². The van der Waals surface area contributed by atoms with Crippen molar-refractivity contribution in [3.05, 3.63) is 132 Å². The van der Waals surface area contributed by atoms with Crippen molar-refractivity contribution in [2.45, 2.75) is 45.1 Å². The van der Waals surface area contributed by atoms with Crippen molar-refractivity contribution in [1.29, 1.82) is 0 Å². The molecule has 0 radical (unpaired) electrons. The Hall–Kier alpha value is -4.50. The third kappa shape index (κ3) is 6.21. The van der Waals surface area contributed by atoms with Gasteiger partial charge in [-0.2, -0.15) is 0 Å². The zero-order chi connectivity index (χ0) is 28.9. The molecule has 8 nitrogen and oxygen atoms in total. The summed E-state index contributed by atoms with van der Waals surface area (Å²) in [5.41, 5.74) is 6.32. The lowest BCUT2D eigenvalue weighted by Gasteiger charge is -2.41. The first-order chi connectivity index (χ1) is 20.6. The molecule has 0 spiro atoms. The second-order valence-corrected chi connectivity index (χ2v) is 10.6. The van der Waals surface area contributed by atoms with Gasteiger partial charge in [0.15, 0.2) is 6.29 Å². The number of amides is 2. The quantitative estimate of drug-likeness (QED) is 0.205. The number of aliphatic hydroxyl groups is 1. The largest absolute Gasteiger partial charge is 0.392 e. The number of aromatic nitrogens is 2. The number of aliphatic hydroxyl groups excluding tert-OH is 1. The van der Waals surface area contributed by atoms with Crippen LogP contribution in [0.2, 0.25) is 0 Å². The number of hydrogen-bond donors (Lipinski definition) is 3. The van der Waals surface area contributed by atoms with Crippen molar-refractivity contribution in [3.63, 3.8) is 0 Å². The average Bonchev–Trinajstić information content (AvgIpc) is 3.44. The maximum Gasteiger partial charge on any atom is 0.319 e. The van der Waals surface area contributed by atoms with Crippen LogP contribution >= 0.6 is 0 Å². The first-order valence-electron chi connectivity index (χ1n) is 14.2. The number of carbonyl (C=O) groups is 1. The molecular weight excluding hydrogens is 528 g/mol. The molecule has 1 aliphatic rings. The monoisotopic (exact) mass is 562 g/mol. The predicted octanol–water partition coefficient (Wildman–Crippen LogP) is 6.34. The SMILES string of the molecule is C[C@@H]1[C@H](Cn2cnc3ccccc32)O[C@H](c2cccc(NC(=O)NCc3ccccc3)c2)O[C@@H]1c1ccc(CO)cc1. The van der Waals surface area contributed by atoms with Crippen LogP contribution in [0.1, 0.15) is 41.6 Å². The van der Waals surface area contributed by atoms with Gasteiger partial charge in [0.1, 0.15) is 0 Å². The molecule has 2 amide bonds. The second kappa shape index (κ2) is 12.6. The molecule has 1 aromatic heterocycles. The molecule has 4 atom stereocenters. The van der Waals surface area contributed by atoms with Crippen molar-refractivity contribution >= 4 is 22.8 Å². The second-order valence-electron chi connectivity index (χ2n) is 10.6. The standard InChI is InChI=1S/C34H34N4O4/c1-23-31(20-38-22-36-29-12-5-6-13-30(29)38)41-33(42-32(23)26-16-14-25(21-39)15-17-26)27-10-7-11-28(18-27)37-34(40)35-19-24-8-3-2-4-9-24/h2-18,22-23,31-33,39H,19-21H2,1H3,(H2,35,37,40)/t23-,31+,32+,33+/m1/s1. The summed E-state index contributed by atoms with van der Waals surface area (Å²) in [6.07, 6.45) is 0.767. The van der Waals surface area contributed by atoms with Crippen LogP contribution < -0.4 is 10.6 Å². The van der Waals surface area contributed by atoms with Crippen molar-refractivity contribution < 1.29 is 19.4 Å². The third-order valence-electron chi connectivity index (χ3n) is 7.74. The fourth-order valence-electron chi connectivity index (χ4n) is 5.39. The molecule has 3 N–H and O–H groups in total. The van der Waals surface area contributed by atoms with Gasteiger partial charge in [-0.05, 0) is 41.0 Å². The van der Waals surface area contributed by atoms with Crippen LogP contribution in [-0.2, 0) is 29.2 Å². The lowest BCUT2D eigenvalue weighted by Crippen LogP contribution is -2.39. The summed E-state index contributed by atoms with van der Waals surface area (Å²) in [5, 5.41) is 15.4. The van der Waals surface area contributed by atoms with Crippen molar-refractivity contribution in [3.8, 4) is 0 Å². The maximum atomic E-state index is 12.6. The first-order valence-corrected chi connectivity index (χ1v) is 14.2. The molecule has 8 heteroatoms. The highest BCUT2D eigenvalue weighted by molar-refractivity contribution is 5.89. The topological polar surface area (TPSA) is 97.6 Å². The number of imidazole rings is 1. The Labute approximate surface area is 244 Å². The van der Waals surface area contributed by atoms with Gasteiger partial charge in [-0.1, -0.05) is 85.8 Å². The summed E-state index contributed by atoms with van der Waals surface area (Å²) in [4.78, 5) is 17.2. The predicted molar refractivity (Wildman–Crippen MR) is 161 cm³/mol. The number of para-hydroxylation sites is 2. The summed E-state index contributed by atoms with van der Waals surface area (Å²) in [6, 6.07) is 33.0. The smallest absolute Gasteiger partial charge is 0.319 e. The molecule has 0 unspecified atom stereocenters. The number of benzene rings is 4. The van der Waals surface area contributed by atoms with Gasteiger partial charge in [0.2, 0.25) is 0 Å². The van der Waals surface area contributed by atoms with E-state index in [0.29, 0.717) is 18.8 Å². The Morgan fingerprint density at radius 1 is 0.881 bits per heavy atom. The fraction of sp³-hybridized carbons (Fsp3) is 0.235. The molecule has 1 aliphatic heterocycles. The minimum Gasteiger partial charge on any atom is -0.392 e. The van der Waals surface area contributed by atoms with Gasteiger partial charge in [0.25, 0.3) is 0 Å². The summed E-state index contributed by atoms with van der Waals surface area (Å²) in [5.74, 6) is 0.0208. The molecular formula is C34H34N4O4. The van der Waals surface area contributed by atoms with Crippen molar-refractivity contribution in [1.82, 2.24) is 14.9 Å². The Morgan fingerprint density at radius 3 is 2.48 bits per heavy atom. The number of ether oxygens (including phenoxy) is 2. The van der Waals surface area contributed by atoms with Gasteiger partial charge in [0.05, 0.1) is 42.7 Å². The van der Waals surface area contributed by atoms with E-state index in [-0.39, 0.29) is 30.8 Å². The molecule has 6 rings (SSSR count). The summed E-state index contributed by atoms with van der Waals surface area (Å²) >= 11 is 0. The van der Waals surface area contributed by atoms with Gasteiger partial charge >= 0.3 is 6.03 Å². The lowest BCUT2D eigenvalue weighted by molar-refractivity contribution is -0.276. The summed E-state index contributed by atoms with van der Waals surface area (Å²) in [6.45, 7) is 3.16. The van der Waals surface area contributed by atoms with E-state index < -0.39 is 6.29 Å². The third-order valence-corrected chi connectivity index (χ3v) is 7.74. The lowest BCUT2D eigenvalue weighted by atomic mass is 9.90. The normalized spacial score (nSPS) is 20.3. The number of nitrogens with zero attached hydrogens (tertiary/aromatic N) is 2.